The standard InChI is InChI=1S/C9H13NOS/c10-7-3-4-11-8(6-7)9-2-1-5-12-9/h1-2,5,7-8H,3-4,6,10H2/t7-,8-/m1/s1. The van der Waals surface area contributed by atoms with Crippen LogP contribution in [0.25, 0.3) is 0 Å². The Hall–Kier alpha value is -0.380. The van der Waals surface area contributed by atoms with Gasteiger partial charge in [0.05, 0.1) is 6.10 Å². The molecule has 1 aromatic heterocycles. The second-order valence-corrected chi connectivity index (χ2v) is 4.14. The van der Waals surface area contributed by atoms with Crippen LogP contribution < -0.4 is 5.73 Å². The van der Waals surface area contributed by atoms with E-state index in [0.717, 1.165) is 19.4 Å². The molecule has 0 amide bonds. The zero-order valence-electron chi connectivity index (χ0n) is 6.90. The van der Waals surface area contributed by atoms with Gasteiger partial charge >= 0.3 is 0 Å². The average molecular weight is 183 g/mol. The van der Waals surface area contributed by atoms with E-state index in [-0.39, 0.29) is 6.10 Å². The first kappa shape index (κ1) is 8.23. The molecule has 2 rings (SSSR count). The molecule has 1 fully saturated rings. The van der Waals surface area contributed by atoms with Crippen molar-refractivity contribution in [2.45, 2.75) is 25.0 Å². The Morgan fingerprint density at radius 3 is 3.17 bits per heavy atom. The van der Waals surface area contributed by atoms with Gasteiger partial charge in [0.15, 0.2) is 0 Å². The molecule has 0 radical (unpaired) electrons. The van der Waals surface area contributed by atoms with Crippen molar-refractivity contribution < 1.29 is 4.74 Å². The fraction of sp³-hybridized carbons (Fsp3) is 0.556. The summed E-state index contributed by atoms with van der Waals surface area (Å²) in [7, 11) is 0. The summed E-state index contributed by atoms with van der Waals surface area (Å²) in [6.07, 6.45) is 2.23. The van der Waals surface area contributed by atoms with Gasteiger partial charge < -0.3 is 10.5 Å². The van der Waals surface area contributed by atoms with E-state index in [1.807, 2.05) is 0 Å². The molecule has 2 atom stereocenters. The maximum atomic E-state index is 5.86. The Kier molecular flexibility index (Phi) is 2.44. The van der Waals surface area contributed by atoms with Crippen LogP contribution in [0.15, 0.2) is 17.5 Å². The molecule has 12 heavy (non-hydrogen) atoms. The van der Waals surface area contributed by atoms with Crippen molar-refractivity contribution in [3.05, 3.63) is 22.4 Å². The molecule has 1 saturated heterocycles. The van der Waals surface area contributed by atoms with E-state index >= 15 is 0 Å². The van der Waals surface area contributed by atoms with Gasteiger partial charge in [-0.15, -0.1) is 11.3 Å². The lowest BCUT2D eigenvalue weighted by atomic mass is 10.0. The van der Waals surface area contributed by atoms with Crippen LogP contribution in [-0.2, 0) is 4.74 Å². The van der Waals surface area contributed by atoms with Crippen molar-refractivity contribution in [2.24, 2.45) is 5.73 Å². The highest BCUT2D eigenvalue weighted by molar-refractivity contribution is 7.10. The first-order valence-electron chi connectivity index (χ1n) is 4.27. The molecular formula is C9H13NOS. The largest absolute Gasteiger partial charge is 0.373 e. The van der Waals surface area contributed by atoms with Crippen molar-refractivity contribution in [1.82, 2.24) is 0 Å². The molecule has 2 nitrogen and oxygen atoms in total. The summed E-state index contributed by atoms with van der Waals surface area (Å²) in [5.41, 5.74) is 5.86. The highest BCUT2D eigenvalue weighted by atomic mass is 32.1. The minimum Gasteiger partial charge on any atom is -0.373 e. The summed E-state index contributed by atoms with van der Waals surface area (Å²) in [5, 5.41) is 2.08. The number of thiophene rings is 1. The molecule has 66 valence electrons. The number of rotatable bonds is 1. The summed E-state index contributed by atoms with van der Waals surface area (Å²) < 4.78 is 5.62. The van der Waals surface area contributed by atoms with E-state index in [2.05, 4.69) is 17.5 Å². The van der Waals surface area contributed by atoms with Gasteiger partial charge in [0, 0.05) is 17.5 Å². The van der Waals surface area contributed by atoms with Gasteiger partial charge in [0.1, 0.15) is 0 Å². The first-order chi connectivity index (χ1) is 5.86. The molecule has 1 aliphatic heterocycles. The van der Waals surface area contributed by atoms with Crippen LogP contribution in [0, 0.1) is 0 Å². The summed E-state index contributed by atoms with van der Waals surface area (Å²) in [5.74, 6) is 0. The van der Waals surface area contributed by atoms with Crippen LogP contribution in [0.4, 0.5) is 0 Å². The van der Waals surface area contributed by atoms with Crippen molar-refractivity contribution in [3.8, 4) is 0 Å². The number of ether oxygens (including phenoxy) is 1. The highest BCUT2D eigenvalue weighted by Gasteiger charge is 2.21. The van der Waals surface area contributed by atoms with Crippen molar-refractivity contribution >= 4 is 11.3 Å². The van der Waals surface area contributed by atoms with Gasteiger partial charge in [0.2, 0.25) is 0 Å². The maximum absolute atomic E-state index is 5.86. The molecular weight excluding hydrogens is 170 g/mol. The Balaban J connectivity index is 2.04. The minimum absolute atomic E-state index is 0.258. The number of nitrogens with two attached hydrogens (primary N) is 1. The van der Waals surface area contributed by atoms with E-state index in [0.29, 0.717) is 6.04 Å². The smallest absolute Gasteiger partial charge is 0.0931 e. The van der Waals surface area contributed by atoms with Crippen molar-refractivity contribution in [3.63, 3.8) is 0 Å². The fourth-order valence-electron chi connectivity index (χ4n) is 1.50. The topological polar surface area (TPSA) is 35.2 Å². The van der Waals surface area contributed by atoms with Crippen LogP contribution in [0.5, 0.6) is 0 Å². The van der Waals surface area contributed by atoms with Gasteiger partial charge in [-0.2, -0.15) is 0 Å². The normalized spacial score (nSPS) is 30.4. The Morgan fingerprint density at radius 1 is 1.58 bits per heavy atom. The van der Waals surface area contributed by atoms with E-state index in [4.69, 9.17) is 10.5 Å². The molecule has 2 heterocycles. The Labute approximate surface area is 76.3 Å². The third-order valence-corrected chi connectivity index (χ3v) is 3.15. The fourth-order valence-corrected chi connectivity index (χ4v) is 2.28. The zero-order valence-corrected chi connectivity index (χ0v) is 7.72. The molecule has 0 spiro atoms. The quantitative estimate of drug-likeness (QED) is 0.722. The van der Waals surface area contributed by atoms with Crippen LogP contribution >= 0.6 is 11.3 Å². The Bertz CT molecular complexity index is 235. The summed E-state index contributed by atoms with van der Waals surface area (Å²) in [4.78, 5) is 1.31. The second kappa shape index (κ2) is 3.56. The minimum atomic E-state index is 0.258. The highest BCUT2D eigenvalue weighted by Crippen LogP contribution is 2.29. The third kappa shape index (κ3) is 1.68. The Morgan fingerprint density at radius 2 is 2.50 bits per heavy atom. The van der Waals surface area contributed by atoms with Crippen LogP contribution in [0.3, 0.4) is 0 Å². The molecule has 1 aromatic rings. The lowest BCUT2D eigenvalue weighted by Crippen LogP contribution is -2.30. The molecule has 3 heteroatoms. The van der Waals surface area contributed by atoms with Gasteiger partial charge in [-0.05, 0) is 24.3 Å². The van der Waals surface area contributed by atoms with Gasteiger partial charge in [-0.25, -0.2) is 0 Å². The van der Waals surface area contributed by atoms with E-state index in [1.165, 1.54) is 4.88 Å². The van der Waals surface area contributed by atoms with Crippen LogP contribution in [-0.4, -0.2) is 12.6 Å². The monoisotopic (exact) mass is 183 g/mol. The molecule has 0 aliphatic carbocycles. The summed E-state index contributed by atoms with van der Waals surface area (Å²) in [6.45, 7) is 0.809. The molecule has 0 saturated carbocycles. The van der Waals surface area contributed by atoms with Crippen LogP contribution in [0.2, 0.25) is 0 Å². The van der Waals surface area contributed by atoms with E-state index in [1.54, 1.807) is 11.3 Å². The zero-order chi connectivity index (χ0) is 8.39. The lowest BCUT2D eigenvalue weighted by Gasteiger charge is -2.26. The predicted octanol–water partition coefficient (Wildman–Crippen LogP) is 1.93. The van der Waals surface area contributed by atoms with Gasteiger partial charge in [-0.3, -0.25) is 0 Å². The predicted molar refractivity (Wildman–Crippen MR) is 50.2 cm³/mol. The lowest BCUT2D eigenvalue weighted by molar-refractivity contribution is 0.00886. The molecule has 0 bridgehead atoms. The third-order valence-electron chi connectivity index (χ3n) is 2.19. The van der Waals surface area contributed by atoms with Crippen molar-refractivity contribution in [2.75, 3.05) is 6.61 Å². The molecule has 1 aliphatic rings. The molecule has 0 aromatic carbocycles. The number of hydrogen-bond donors (Lipinski definition) is 1. The first-order valence-corrected chi connectivity index (χ1v) is 5.15. The second-order valence-electron chi connectivity index (χ2n) is 3.16. The van der Waals surface area contributed by atoms with E-state index < -0.39 is 0 Å². The average Bonchev–Trinajstić information content (AvgIpc) is 2.56. The van der Waals surface area contributed by atoms with E-state index in [9.17, 15) is 0 Å². The molecule has 0 unspecified atom stereocenters. The number of hydrogen-bond acceptors (Lipinski definition) is 3. The van der Waals surface area contributed by atoms with Gasteiger partial charge in [0.25, 0.3) is 0 Å². The van der Waals surface area contributed by atoms with Crippen LogP contribution in [0.1, 0.15) is 23.8 Å². The summed E-state index contributed by atoms with van der Waals surface area (Å²) >= 11 is 1.75. The van der Waals surface area contributed by atoms with Crippen molar-refractivity contribution in [1.29, 1.82) is 0 Å². The maximum Gasteiger partial charge on any atom is 0.0931 e. The SMILES string of the molecule is N[C@@H]1CCO[C@@H](c2cccs2)C1. The van der Waals surface area contributed by atoms with Gasteiger partial charge in [-0.1, -0.05) is 6.07 Å². The summed E-state index contributed by atoms with van der Waals surface area (Å²) in [6, 6.07) is 4.50. The molecule has 2 N–H and O–H groups in total.